The van der Waals surface area contributed by atoms with Crippen LogP contribution in [0.3, 0.4) is 0 Å². The first-order valence-corrected chi connectivity index (χ1v) is 10.2. The first-order chi connectivity index (χ1) is 12.9. The summed E-state index contributed by atoms with van der Waals surface area (Å²) in [6, 6.07) is 8.44. The zero-order chi connectivity index (χ0) is 19.6. The van der Waals surface area contributed by atoms with Crippen LogP contribution < -0.4 is 0 Å². The minimum absolute atomic E-state index is 0.160. The molecular weight excluding hydrogens is 338 g/mol. The highest BCUT2D eigenvalue weighted by Crippen LogP contribution is 2.50. The maximum Gasteiger partial charge on any atom is 0.233 e. The number of hydrogen-bond donors (Lipinski definition) is 1. The second-order valence-corrected chi connectivity index (χ2v) is 8.93. The zero-order valence-electron chi connectivity index (χ0n) is 17.3. The van der Waals surface area contributed by atoms with Gasteiger partial charge in [0.1, 0.15) is 0 Å². The minimum atomic E-state index is -0.306. The highest BCUT2D eigenvalue weighted by atomic mass is 16.3. The van der Waals surface area contributed by atoms with Gasteiger partial charge in [-0.05, 0) is 52.4 Å². The summed E-state index contributed by atoms with van der Waals surface area (Å²) in [5.41, 5.74) is 2.08. The number of hydrogen-bond acceptors (Lipinski definition) is 4. The number of aliphatic hydroxyl groups excluding tert-OH is 1. The van der Waals surface area contributed by atoms with Crippen molar-refractivity contribution in [3.8, 4) is 0 Å². The number of amides is 1. The van der Waals surface area contributed by atoms with Crippen LogP contribution in [0.4, 0.5) is 0 Å². The van der Waals surface area contributed by atoms with Gasteiger partial charge in [-0.1, -0.05) is 29.8 Å². The second-order valence-electron chi connectivity index (χ2n) is 8.93. The molecule has 2 aliphatic rings. The number of carbonyl (C=O) groups excluding carboxylic acids is 1. The van der Waals surface area contributed by atoms with E-state index in [9.17, 15) is 9.90 Å². The van der Waals surface area contributed by atoms with Crippen molar-refractivity contribution in [2.24, 2.45) is 11.8 Å². The van der Waals surface area contributed by atoms with Gasteiger partial charge >= 0.3 is 0 Å². The van der Waals surface area contributed by atoms with Crippen molar-refractivity contribution in [1.29, 1.82) is 0 Å². The lowest BCUT2D eigenvalue weighted by Crippen LogP contribution is -2.39. The fraction of sp³-hybridized carbons (Fsp3) is 0.682. The number of nitrogens with zero attached hydrogens (tertiary/aromatic N) is 3. The molecule has 0 radical (unpaired) electrons. The summed E-state index contributed by atoms with van der Waals surface area (Å²) in [6.45, 7) is 6.65. The van der Waals surface area contributed by atoms with Gasteiger partial charge in [0.2, 0.25) is 5.91 Å². The number of likely N-dealkylation sites (tertiary alicyclic amines) is 1. The molecule has 1 saturated carbocycles. The predicted octanol–water partition coefficient (Wildman–Crippen LogP) is 1.59. The first kappa shape index (κ1) is 20.3. The number of likely N-dealkylation sites (N-methyl/N-ethyl adjacent to an activating group) is 2. The summed E-state index contributed by atoms with van der Waals surface area (Å²) in [7, 11) is 6.30. The van der Waals surface area contributed by atoms with E-state index in [0.29, 0.717) is 12.5 Å². The van der Waals surface area contributed by atoms with Crippen LogP contribution in [-0.2, 0) is 10.2 Å². The number of aliphatic hydroxyl groups is 1. The highest BCUT2D eigenvalue weighted by Gasteiger charge is 2.54. The number of aryl methyl sites for hydroxylation is 1. The Morgan fingerprint density at radius 1 is 1.11 bits per heavy atom. The molecule has 1 aromatic carbocycles. The van der Waals surface area contributed by atoms with Crippen molar-refractivity contribution in [2.75, 3.05) is 60.5 Å². The van der Waals surface area contributed by atoms with E-state index in [1.54, 1.807) is 0 Å². The Hall–Kier alpha value is -1.43. The molecule has 1 saturated heterocycles. The fourth-order valence-electron chi connectivity index (χ4n) is 4.31. The summed E-state index contributed by atoms with van der Waals surface area (Å²) in [5, 5.41) is 9.87. The van der Waals surface area contributed by atoms with Gasteiger partial charge in [-0.25, -0.2) is 0 Å². The Bertz CT molecular complexity index is 639. The Kier molecular flexibility index (Phi) is 6.24. The van der Waals surface area contributed by atoms with E-state index >= 15 is 0 Å². The maximum atomic E-state index is 13.3. The molecule has 1 heterocycles. The lowest BCUT2D eigenvalue weighted by molar-refractivity contribution is -0.133. The van der Waals surface area contributed by atoms with E-state index < -0.39 is 0 Å². The van der Waals surface area contributed by atoms with Crippen LogP contribution in [0.1, 0.15) is 24.0 Å². The standard InChI is InChI=1S/C22H35N3O2/c1-17-5-7-20(8-6-17)22(9-10-22)21(27)25-14-18(19(15-25)16-26)13-24(4)12-11-23(2)3/h5-8,18-19,26H,9-16H2,1-4H3/t18-,19-/m1/s1. The molecule has 27 heavy (non-hydrogen) atoms. The third kappa shape index (κ3) is 4.53. The predicted molar refractivity (Wildman–Crippen MR) is 109 cm³/mol. The third-order valence-electron chi connectivity index (χ3n) is 6.34. The molecule has 1 aliphatic heterocycles. The summed E-state index contributed by atoms with van der Waals surface area (Å²) < 4.78 is 0. The summed E-state index contributed by atoms with van der Waals surface area (Å²) >= 11 is 0. The van der Waals surface area contributed by atoms with Gasteiger partial charge in [-0.15, -0.1) is 0 Å². The molecule has 1 aliphatic carbocycles. The van der Waals surface area contributed by atoms with E-state index in [-0.39, 0.29) is 23.8 Å². The van der Waals surface area contributed by atoms with Crippen LogP contribution >= 0.6 is 0 Å². The van der Waals surface area contributed by atoms with Crippen molar-refractivity contribution < 1.29 is 9.90 Å². The van der Waals surface area contributed by atoms with Crippen LogP contribution in [0.5, 0.6) is 0 Å². The van der Waals surface area contributed by atoms with Crippen LogP contribution in [0.15, 0.2) is 24.3 Å². The van der Waals surface area contributed by atoms with Crippen molar-refractivity contribution in [2.45, 2.75) is 25.2 Å². The van der Waals surface area contributed by atoms with Gasteiger partial charge in [-0.3, -0.25) is 4.79 Å². The SMILES string of the molecule is Cc1ccc(C2(C(=O)N3C[C@@H](CN(C)CCN(C)C)[C@@H](CO)C3)CC2)cc1. The molecule has 1 amide bonds. The number of carbonyl (C=O) groups is 1. The molecular formula is C22H35N3O2. The average Bonchev–Trinajstić information content (AvgIpc) is 3.35. The van der Waals surface area contributed by atoms with Crippen molar-refractivity contribution in [1.82, 2.24) is 14.7 Å². The van der Waals surface area contributed by atoms with Gasteiger partial charge in [0, 0.05) is 45.2 Å². The summed E-state index contributed by atoms with van der Waals surface area (Å²) in [4.78, 5) is 19.9. The lowest BCUT2D eigenvalue weighted by atomic mass is 9.93. The molecule has 0 unspecified atom stereocenters. The van der Waals surface area contributed by atoms with Crippen LogP contribution in [0, 0.1) is 18.8 Å². The molecule has 0 spiro atoms. The quantitative estimate of drug-likeness (QED) is 0.752. The molecule has 2 atom stereocenters. The lowest BCUT2D eigenvalue weighted by Gasteiger charge is -2.26. The van der Waals surface area contributed by atoms with Gasteiger partial charge in [0.05, 0.1) is 5.41 Å². The van der Waals surface area contributed by atoms with Gasteiger partial charge in [-0.2, -0.15) is 0 Å². The molecule has 1 N–H and O–H groups in total. The largest absolute Gasteiger partial charge is 0.396 e. The molecule has 0 aromatic heterocycles. The Morgan fingerprint density at radius 3 is 2.30 bits per heavy atom. The molecule has 5 nitrogen and oxygen atoms in total. The smallest absolute Gasteiger partial charge is 0.233 e. The molecule has 150 valence electrons. The Labute approximate surface area is 163 Å². The topological polar surface area (TPSA) is 47.0 Å². The zero-order valence-corrected chi connectivity index (χ0v) is 17.3. The summed E-state index contributed by atoms with van der Waals surface area (Å²) in [5.74, 6) is 0.799. The van der Waals surface area contributed by atoms with Gasteiger partial charge < -0.3 is 19.8 Å². The van der Waals surface area contributed by atoms with Crippen LogP contribution in [-0.4, -0.2) is 86.2 Å². The third-order valence-corrected chi connectivity index (χ3v) is 6.34. The van der Waals surface area contributed by atoms with E-state index in [2.05, 4.69) is 62.1 Å². The molecule has 3 rings (SSSR count). The monoisotopic (exact) mass is 373 g/mol. The maximum absolute atomic E-state index is 13.3. The second kappa shape index (κ2) is 8.29. The molecule has 1 aromatic rings. The minimum Gasteiger partial charge on any atom is -0.396 e. The first-order valence-electron chi connectivity index (χ1n) is 10.2. The van der Waals surface area contributed by atoms with E-state index in [0.717, 1.165) is 44.6 Å². The van der Waals surface area contributed by atoms with E-state index in [4.69, 9.17) is 0 Å². The van der Waals surface area contributed by atoms with Crippen LogP contribution in [0.25, 0.3) is 0 Å². The van der Waals surface area contributed by atoms with Crippen molar-refractivity contribution in [3.63, 3.8) is 0 Å². The molecule has 2 fully saturated rings. The molecule has 0 bridgehead atoms. The summed E-state index contributed by atoms with van der Waals surface area (Å²) in [6.07, 6.45) is 1.89. The Balaban J connectivity index is 1.64. The van der Waals surface area contributed by atoms with Crippen LogP contribution in [0.2, 0.25) is 0 Å². The fourth-order valence-corrected chi connectivity index (χ4v) is 4.31. The van der Waals surface area contributed by atoms with Gasteiger partial charge in [0.25, 0.3) is 0 Å². The normalized spacial score (nSPS) is 24.0. The molecule has 5 heteroatoms. The van der Waals surface area contributed by atoms with Crippen molar-refractivity contribution in [3.05, 3.63) is 35.4 Å². The Morgan fingerprint density at radius 2 is 1.74 bits per heavy atom. The van der Waals surface area contributed by atoms with E-state index in [1.165, 1.54) is 5.56 Å². The average molecular weight is 374 g/mol. The number of benzene rings is 1. The number of rotatable bonds is 8. The van der Waals surface area contributed by atoms with Gasteiger partial charge in [0.15, 0.2) is 0 Å². The van der Waals surface area contributed by atoms with E-state index in [1.807, 2.05) is 4.90 Å². The highest BCUT2D eigenvalue weighted by molar-refractivity contribution is 5.91. The van der Waals surface area contributed by atoms with Crippen molar-refractivity contribution >= 4 is 5.91 Å².